The smallest absolute Gasteiger partial charge is 0.276 e. The zero-order valence-corrected chi connectivity index (χ0v) is 9.85. The minimum Gasteiger partial charge on any atom is -0.416 e. The number of aryl methyl sites for hydroxylation is 1. The Kier molecular flexibility index (Phi) is 4.02. The zero-order chi connectivity index (χ0) is 10.5. The maximum Gasteiger partial charge on any atom is 0.276 e. The van der Waals surface area contributed by atoms with Gasteiger partial charge in [-0.05, 0) is 12.8 Å². The van der Waals surface area contributed by atoms with Crippen LogP contribution in [0.2, 0.25) is 0 Å². The molecule has 0 amide bonds. The Balaban J connectivity index is 1.58. The lowest BCUT2D eigenvalue weighted by atomic mass is 10.2. The summed E-state index contributed by atoms with van der Waals surface area (Å²) in [6.45, 7) is 2.84. The van der Waals surface area contributed by atoms with Crippen molar-refractivity contribution in [3.05, 3.63) is 5.89 Å². The van der Waals surface area contributed by atoms with Gasteiger partial charge in [0.15, 0.2) is 0 Å². The molecular weight excluding hydrogens is 210 g/mol. The highest BCUT2D eigenvalue weighted by Crippen LogP contribution is 2.18. The summed E-state index contributed by atoms with van der Waals surface area (Å²) in [5.74, 6) is 1.64. The predicted octanol–water partition coefficient (Wildman–Crippen LogP) is 2.00. The molecule has 0 aliphatic heterocycles. The van der Waals surface area contributed by atoms with E-state index in [-0.39, 0.29) is 0 Å². The van der Waals surface area contributed by atoms with Crippen LogP contribution in [0, 0.1) is 6.92 Å². The summed E-state index contributed by atoms with van der Waals surface area (Å²) in [6, 6.07) is 0.745. The molecule has 0 aromatic carbocycles. The fraction of sp³-hybridized carbons (Fsp3) is 0.800. The first-order chi connectivity index (χ1) is 7.34. The number of aromatic nitrogens is 2. The number of thioether (sulfide) groups is 1. The van der Waals surface area contributed by atoms with E-state index in [1.165, 1.54) is 25.7 Å². The van der Waals surface area contributed by atoms with E-state index in [9.17, 15) is 0 Å². The van der Waals surface area contributed by atoms with Gasteiger partial charge in [0, 0.05) is 25.3 Å². The highest BCUT2D eigenvalue weighted by Gasteiger charge is 2.13. The summed E-state index contributed by atoms with van der Waals surface area (Å²) in [6.07, 6.45) is 5.44. The average Bonchev–Trinajstić information content (AvgIpc) is 2.84. The van der Waals surface area contributed by atoms with E-state index in [2.05, 4.69) is 15.5 Å². The van der Waals surface area contributed by atoms with E-state index in [1.54, 1.807) is 11.8 Å². The molecule has 0 saturated heterocycles. The lowest BCUT2D eigenvalue weighted by Gasteiger charge is -2.09. The maximum atomic E-state index is 5.27. The van der Waals surface area contributed by atoms with Crippen LogP contribution in [-0.2, 0) is 0 Å². The quantitative estimate of drug-likeness (QED) is 0.616. The molecule has 0 unspecified atom stereocenters. The summed E-state index contributed by atoms with van der Waals surface area (Å²) < 4.78 is 5.27. The van der Waals surface area contributed by atoms with Gasteiger partial charge in [0.25, 0.3) is 5.22 Å². The molecular formula is C10H17N3OS. The molecule has 1 heterocycles. The number of nitrogens with one attached hydrogen (secondary N) is 1. The number of nitrogens with zero attached hydrogens (tertiary/aromatic N) is 2. The average molecular weight is 227 g/mol. The molecule has 84 valence electrons. The first kappa shape index (κ1) is 11.0. The maximum absolute atomic E-state index is 5.27. The molecule has 0 bridgehead atoms. The van der Waals surface area contributed by atoms with Gasteiger partial charge >= 0.3 is 0 Å². The summed E-state index contributed by atoms with van der Waals surface area (Å²) in [4.78, 5) is 0. The number of hydrogen-bond acceptors (Lipinski definition) is 5. The van der Waals surface area contributed by atoms with Crippen LogP contribution in [0.4, 0.5) is 0 Å². The third-order valence-electron chi connectivity index (χ3n) is 2.62. The Morgan fingerprint density at radius 2 is 2.20 bits per heavy atom. The van der Waals surface area contributed by atoms with Gasteiger partial charge in [0.1, 0.15) is 0 Å². The van der Waals surface area contributed by atoms with Crippen molar-refractivity contribution in [3.8, 4) is 0 Å². The highest BCUT2D eigenvalue weighted by atomic mass is 32.2. The SMILES string of the molecule is Cc1nnc(SCCNC2CCCC2)o1. The third-order valence-corrected chi connectivity index (χ3v) is 3.44. The van der Waals surface area contributed by atoms with Crippen LogP contribution in [0.15, 0.2) is 9.64 Å². The van der Waals surface area contributed by atoms with Crippen molar-refractivity contribution in [2.75, 3.05) is 12.3 Å². The first-order valence-corrected chi connectivity index (χ1v) is 6.49. The predicted molar refractivity (Wildman–Crippen MR) is 60.0 cm³/mol. The van der Waals surface area contributed by atoms with Crippen LogP contribution >= 0.6 is 11.8 Å². The van der Waals surface area contributed by atoms with Crippen LogP contribution in [-0.4, -0.2) is 28.5 Å². The largest absolute Gasteiger partial charge is 0.416 e. The molecule has 15 heavy (non-hydrogen) atoms. The molecule has 1 aliphatic rings. The molecule has 1 aliphatic carbocycles. The molecule has 2 rings (SSSR count). The Bertz CT molecular complexity index is 297. The van der Waals surface area contributed by atoms with Crippen molar-refractivity contribution >= 4 is 11.8 Å². The van der Waals surface area contributed by atoms with Gasteiger partial charge in [-0.15, -0.1) is 10.2 Å². The van der Waals surface area contributed by atoms with E-state index in [4.69, 9.17) is 4.42 Å². The lowest BCUT2D eigenvalue weighted by Crippen LogP contribution is -2.28. The van der Waals surface area contributed by atoms with Crippen molar-refractivity contribution in [2.24, 2.45) is 0 Å². The molecule has 4 nitrogen and oxygen atoms in total. The third kappa shape index (κ3) is 3.50. The molecule has 1 fully saturated rings. The molecule has 1 saturated carbocycles. The fourth-order valence-electron chi connectivity index (χ4n) is 1.87. The van der Waals surface area contributed by atoms with Crippen molar-refractivity contribution < 1.29 is 4.42 Å². The van der Waals surface area contributed by atoms with Crippen molar-refractivity contribution in [1.29, 1.82) is 0 Å². The van der Waals surface area contributed by atoms with Gasteiger partial charge in [-0.25, -0.2) is 0 Å². The van der Waals surface area contributed by atoms with Gasteiger partial charge in [-0.2, -0.15) is 0 Å². The molecule has 0 atom stereocenters. The molecule has 0 spiro atoms. The van der Waals surface area contributed by atoms with E-state index in [1.807, 2.05) is 6.92 Å². The van der Waals surface area contributed by atoms with Gasteiger partial charge in [0.2, 0.25) is 5.89 Å². The van der Waals surface area contributed by atoms with Crippen LogP contribution in [0.25, 0.3) is 0 Å². The Morgan fingerprint density at radius 1 is 1.40 bits per heavy atom. The minimum atomic E-state index is 0.640. The first-order valence-electron chi connectivity index (χ1n) is 5.51. The summed E-state index contributed by atoms with van der Waals surface area (Å²) in [5.41, 5.74) is 0. The van der Waals surface area contributed by atoms with Crippen LogP contribution < -0.4 is 5.32 Å². The monoisotopic (exact) mass is 227 g/mol. The second kappa shape index (κ2) is 5.51. The van der Waals surface area contributed by atoms with E-state index >= 15 is 0 Å². The minimum absolute atomic E-state index is 0.640. The second-order valence-corrected chi connectivity index (χ2v) is 4.92. The lowest BCUT2D eigenvalue weighted by molar-refractivity contribution is 0.429. The van der Waals surface area contributed by atoms with Crippen LogP contribution in [0.5, 0.6) is 0 Å². The molecule has 1 aromatic heterocycles. The van der Waals surface area contributed by atoms with E-state index in [0.717, 1.165) is 18.3 Å². The molecule has 5 heteroatoms. The summed E-state index contributed by atoms with van der Waals surface area (Å²) >= 11 is 1.62. The Morgan fingerprint density at radius 3 is 2.87 bits per heavy atom. The van der Waals surface area contributed by atoms with Crippen molar-refractivity contribution in [1.82, 2.24) is 15.5 Å². The van der Waals surface area contributed by atoms with Gasteiger partial charge < -0.3 is 9.73 Å². The van der Waals surface area contributed by atoms with Gasteiger partial charge in [0.05, 0.1) is 0 Å². The Labute approximate surface area is 94.2 Å². The van der Waals surface area contributed by atoms with E-state index in [0.29, 0.717) is 11.1 Å². The molecule has 1 N–H and O–H groups in total. The highest BCUT2D eigenvalue weighted by molar-refractivity contribution is 7.99. The number of hydrogen-bond donors (Lipinski definition) is 1. The topological polar surface area (TPSA) is 51.0 Å². The van der Waals surface area contributed by atoms with Crippen molar-refractivity contribution in [2.45, 2.75) is 43.9 Å². The molecule has 0 radical (unpaired) electrons. The second-order valence-electron chi connectivity index (χ2n) is 3.87. The fourth-order valence-corrected chi connectivity index (χ4v) is 2.54. The summed E-state index contributed by atoms with van der Waals surface area (Å²) in [7, 11) is 0. The Hall–Kier alpha value is -0.550. The number of rotatable bonds is 5. The van der Waals surface area contributed by atoms with Crippen LogP contribution in [0.1, 0.15) is 31.6 Å². The van der Waals surface area contributed by atoms with Gasteiger partial charge in [-0.3, -0.25) is 0 Å². The normalized spacial score (nSPS) is 17.4. The van der Waals surface area contributed by atoms with Crippen molar-refractivity contribution in [3.63, 3.8) is 0 Å². The standard InChI is InChI=1S/C10H17N3OS/c1-8-12-13-10(14-8)15-7-6-11-9-4-2-3-5-9/h9,11H,2-7H2,1H3. The zero-order valence-electron chi connectivity index (χ0n) is 9.03. The van der Waals surface area contributed by atoms with E-state index < -0.39 is 0 Å². The molecule has 1 aromatic rings. The van der Waals surface area contributed by atoms with Crippen LogP contribution in [0.3, 0.4) is 0 Å². The summed E-state index contributed by atoms with van der Waals surface area (Å²) in [5, 5.41) is 11.9. The van der Waals surface area contributed by atoms with Gasteiger partial charge in [-0.1, -0.05) is 24.6 Å².